The Morgan fingerprint density at radius 1 is 1.17 bits per heavy atom. The normalized spacial score (nSPS) is 27.2. The smallest absolute Gasteiger partial charge is 0.00857 e. The highest BCUT2D eigenvalue weighted by atomic mass is 14.3. The van der Waals surface area contributed by atoms with E-state index in [-0.39, 0.29) is 0 Å². The van der Waals surface area contributed by atoms with Crippen LogP contribution in [0.3, 0.4) is 0 Å². The van der Waals surface area contributed by atoms with E-state index in [1.54, 1.807) is 0 Å². The quantitative estimate of drug-likeness (QED) is 0.507. The minimum absolute atomic E-state index is 0.667. The van der Waals surface area contributed by atoms with E-state index in [9.17, 15) is 0 Å². The van der Waals surface area contributed by atoms with Crippen molar-refractivity contribution < 1.29 is 0 Å². The molecule has 0 saturated heterocycles. The fourth-order valence-corrected chi connectivity index (χ4v) is 1.98. The Hall–Kier alpha value is -1.04. The van der Waals surface area contributed by atoms with E-state index < -0.39 is 0 Å². The second-order valence-corrected chi connectivity index (χ2v) is 3.59. The van der Waals surface area contributed by atoms with E-state index >= 15 is 0 Å². The lowest BCUT2D eigenvalue weighted by molar-refractivity contribution is 0.772. The van der Waals surface area contributed by atoms with E-state index in [0.717, 1.165) is 0 Å². The van der Waals surface area contributed by atoms with E-state index in [1.807, 2.05) is 0 Å². The molecule has 0 nitrogen and oxygen atoms in total. The summed E-state index contributed by atoms with van der Waals surface area (Å²) in [5.41, 5.74) is 4.46. The van der Waals surface area contributed by atoms with E-state index in [1.165, 1.54) is 23.1 Å². The van der Waals surface area contributed by atoms with E-state index in [0.29, 0.717) is 5.92 Å². The Kier molecular flexibility index (Phi) is 1.76. The molecule has 0 N–H and O–H groups in total. The highest BCUT2D eigenvalue weighted by Gasteiger charge is 2.21. The molecule has 62 valence electrons. The van der Waals surface area contributed by atoms with Gasteiger partial charge in [0.05, 0.1) is 0 Å². The van der Waals surface area contributed by atoms with Crippen LogP contribution in [-0.4, -0.2) is 0 Å². The summed E-state index contributed by atoms with van der Waals surface area (Å²) in [6.45, 7) is 4.43. The molecule has 0 bridgehead atoms. The fourth-order valence-electron chi connectivity index (χ4n) is 1.98. The van der Waals surface area contributed by atoms with Gasteiger partial charge in [0.25, 0.3) is 0 Å². The second-order valence-electron chi connectivity index (χ2n) is 3.59. The first-order valence-electron chi connectivity index (χ1n) is 4.51. The molecule has 1 atom stereocenters. The summed E-state index contributed by atoms with van der Waals surface area (Å²) in [5, 5.41) is 0. The van der Waals surface area contributed by atoms with Gasteiger partial charge in [-0.2, -0.15) is 0 Å². The maximum absolute atomic E-state index is 2.34. The van der Waals surface area contributed by atoms with Gasteiger partial charge in [0.1, 0.15) is 0 Å². The SMILES string of the molecule is CC1=CCC2C(C)=CC=CC=C12. The van der Waals surface area contributed by atoms with Gasteiger partial charge in [-0.3, -0.25) is 0 Å². The molecule has 12 heavy (non-hydrogen) atoms. The zero-order valence-electron chi connectivity index (χ0n) is 7.67. The van der Waals surface area contributed by atoms with Crippen molar-refractivity contribution in [3.8, 4) is 0 Å². The van der Waals surface area contributed by atoms with Crippen LogP contribution in [0.1, 0.15) is 20.3 Å². The molecule has 0 aromatic rings. The van der Waals surface area contributed by atoms with Crippen molar-refractivity contribution in [2.75, 3.05) is 0 Å². The van der Waals surface area contributed by atoms with Gasteiger partial charge >= 0.3 is 0 Å². The van der Waals surface area contributed by atoms with Gasteiger partial charge in [-0.1, -0.05) is 41.5 Å². The van der Waals surface area contributed by atoms with Gasteiger partial charge in [-0.15, -0.1) is 0 Å². The Morgan fingerprint density at radius 2 is 1.92 bits per heavy atom. The molecule has 0 heteroatoms. The molecule has 0 amide bonds. The largest absolute Gasteiger partial charge is 0.0804 e. The van der Waals surface area contributed by atoms with Gasteiger partial charge < -0.3 is 0 Å². The summed E-state index contributed by atoms with van der Waals surface area (Å²) in [5.74, 6) is 0.667. The third-order valence-electron chi connectivity index (χ3n) is 2.79. The van der Waals surface area contributed by atoms with Gasteiger partial charge in [0.2, 0.25) is 0 Å². The van der Waals surface area contributed by atoms with Crippen molar-refractivity contribution in [3.05, 3.63) is 47.1 Å². The lowest BCUT2D eigenvalue weighted by Gasteiger charge is -2.12. The number of allylic oxidation sites excluding steroid dienone is 8. The standard InChI is InChI=1S/C12H14/c1-9-5-3-4-6-11-10(2)7-8-12(9)11/h3-7,12H,8H2,1-2H3. The van der Waals surface area contributed by atoms with E-state index in [2.05, 4.69) is 44.2 Å². The summed E-state index contributed by atoms with van der Waals surface area (Å²) in [6.07, 6.45) is 12.3. The monoisotopic (exact) mass is 158 g/mol. The van der Waals surface area contributed by atoms with Crippen molar-refractivity contribution in [2.45, 2.75) is 20.3 Å². The van der Waals surface area contributed by atoms with Crippen LogP contribution >= 0.6 is 0 Å². The molecule has 0 fully saturated rings. The van der Waals surface area contributed by atoms with Gasteiger partial charge in [0, 0.05) is 5.92 Å². The predicted octanol–water partition coefficient (Wildman–Crippen LogP) is 3.40. The predicted molar refractivity (Wildman–Crippen MR) is 52.8 cm³/mol. The lowest BCUT2D eigenvalue weighted by Crippen LogP contribution is -1.99. The third-order valence-corrected chi connectivity index (χ3v) is 2.79. The summed E-state index contributed by atoms with van der Waals surface area (Å²) < 4.78 is 0. The third kappa shape index (κ3) is 1.08. The first-order chi connectivity index (χ1) is 5.79. The van der Waals surface area contributed by atoms with Gasteiger partial charge in [-0.05, 0) is 25.8 Å². The fraction of sp³-hybridized carbons (Fsp3) is 0.333. The van der Waals surface area contributed by atoms with Crippen LogP contribution in [0.2, 0.25) is 0 Å². The maximum atomic E-state index is 2.34. The van der Waals surface area contributed by atoms with Crippen LogP contribution in [0, 0.1) is 5.92 Å². The summed E-state index contributed by atoms with van der Waals surface area (Å²) in [4.78, 5) is 0. The average Bonchev–Trinajstić information content (AvgIpc) is 2.30. The number of hydrogen-bond donors (Lipinski definition) is 0. The highest BCUT2D eigenvalue weighted by Crippen LogP contribution is 2.36. The van der Waals surface area contributed by atoms with Crippen LogP contribution < -0.4 is 0 Å². The molecule has 0 aromatic heterocycles. The topological polar surface area (TPSA) is 0 Å². The number of rotatable bonds is 0. The lowest BCUT2D eigenvalue weighted by atomic mass is 9.92. The van der Waals surface area contributed by atoms with Gasteiger partial charge in [-0.25, -0.2) is 0 Å². The van der Waals surface area contributed by atoms with Crippen LogP contribution in [0.15, 0.2) is 47.1 Å². The summed E-state index contributed by atoms with van der Waals surface area (Å²) >= 11 is 0. The van der Waals surface area contributed by atoms with Crippen molar-refractivity contribution >= 4 is 0 Å². The first kappa shape index (κ1) is 7.60. The zero-order chi connectivity index (χ0) is 8.55. The Labute approximate surface area is 74.0 Å². The van der Waals surface area contributed by atoms with Crippen LogP contribution in [0.4, 0.5) is 0 Å². The summed E-state index contributed by atoms with van der Waals surface area (Å²) in [7, 11) is 0. The van der Waals surface area contributed by atoms with Gasteiger partial charge in [0.15, 0.2) is 0 Å². The molecule has 0 spiro atoms. The maximum Gasteiger partial charge on any atom is 0.00857 e. The first-order valence-corrected chi connectivity index (χ1v) is 4.51. The van der Waals surface area contributed by atoms with Crippen LogP contribution in [0.5, 0.6) is 0 Å². The minimum Gasteiger partial charge on any atom is -0.0804 e. The summed E-state index contributed by atoms with van der Waals surface area (Å²) in [6, 6.07) is 0. The van der Waals surface area contributed by atoms with Crippen LogP contribution in [0.25, 0.3) is 0 Å². The molecule has 0 saturated carbocycles. The van der Waals surface area contributed by atoms with Crippen molar-refractivity contribution in [3.63, 3.8) is 0 Å². The van der Waals surface area contributed by atoms with E-state index in [4.69, 9.17) is 0 Å². The molecule has 2 aliphatic rings. The molecule has 0 heterocycles. The number of fused-ring (bicyclic) bond motifs is 1. The Bertz CT molecular complexity index is 311. The highest BCUT2D eigenvalue weighted by molar-refractivity contribution is 5.46. The molecule has 0 radical (unpaired) electrons. The Balaban J connectivity index is 2.42. The molecule has 2 rings (SSSR count). The van der Waals surface area contributed by atoms with Crippen molar-refractivity contribution in [1.29, 1.82) is 0 Å². The van der Waals surface area contributed by atoms with Crippen LogP contribution in [-0.2, 0) is 0 Å². The molecule has 1 unspecified atom stereocenters. The second kappa shape index (κ2) is 2.78. The van der Waals surface area contributed by atoms with Crippen molar-refractivity contribution in [1.82, 2.24) is 0 Å². The van der Waals surface area contributed by atoms with Crippen molar-refractivity contribution in [2.24, 2.45) is 5.92 Å². The molecule has 2 aliphatic carbocycles. The Morgan fingerprint density at radius 3 is 2.75 bits per heavy atom. The zero-order valence-corrected chi connectivity index (χ0v) is 7.67. The molecule has 0 aliphatic heterocycles. The average molecular weight is 158 g/mol. The minimum atomic E-state index is 0.667. The number of hydrogen-bond acceptors (Lipinski definition) is 0. The molecular weight excluding hydrogens is 144 g/mol. The molecule has 0 aromatic carbocycles. The molecular formula is C12H14.